The van der Waals surface area contributed by atoms with Crippen LogP contribution >= 0.6 is 0 Å². The standard InChI is InChI=1S/C51H67N5O10/c1-8-31(6)39(48(62)55-40(22-12-13-23-52)43(58)25-37(29(2)3)47(61)53-32(7)42(57)26-38(30(4)5)51(65)66)27-44(59)41(24-33-16-10-9-11-17-33)54-45(60)28-56-49(63)35-20-14-18-34-19-15-21-36(46(34)35)50(56)64/h9-11,14-21,29-32,37-41H,8,12-13,22-28,52H2,1-7H3,(H,53,61)(H,54,60)(H,55,62)(H,65,66)/t31?,32-,37-,38-,39-,40-,41-/m0/s1. The van der Waals surface area contributed by atoms with E-state index in [4.69, 9.17) is 5.73 Å². The van der Waals surface area contributed by atoms with Crippen molar-refractivity contribution in [1.29, 1.82) is 0 Å². The van der Waals surface area contributed by atoms with Crippen LogP contribution in [0.3, 0.4) is 0 Å². The minimum Gasteiger partial charge on any atom is -0.481 e. The van der Waals surface area contributed by atoms with Gasteiger partial charge in [-0.25, -0.2) is 0 Å². The monoisotopic (exact) mass is 909 g/mol. The molecule has 0 radical (unpaired) electrons. The van der Waals surface area contributed by atoms with Gasteiger partial charge in [-0.1, -0.05) is 103 Å². The first-order chi connectivity index (χ1) is 31.3. The molecule has 1 heterocycles. The zero-order valence-corrected chi connectivity index (χ0v) is 39.3. The normalized spacial score (nSPS) is 15.6. The number of nitrogens with two attached hydrogens (primary N) is 1. The summed E-state index contributed by atoms with van der Waals surface area (Å²) in [5.74, 6) is -9.25. The molecule has 1 aliphatic heterocycles. The minimum absolute atomic E-state index is 0.0607. The summed E-state index contributed by atoms with van der Waals surface area (Å²) in [6.45, 7) is 11.8. The predicted molar refractivity (Wildman–Crippen MR) is 250 cm³/mol. The number of carbonyl (C=O) groups excluding carboxylic acids is 8. The molecule has 356 valence electrons. The van der Waals surface area contributed by atoms with Gasteiger partial charge in [0.2, 0.25) is 17.7 Å². The second-order valence-corrected chi connectivity index (χ2v) is 18.3. The van der Waals surface area contributed by atoms with Crippen molar-refractivity contribution in [2.24, 2.45) is 41.2 Å². The number of ketones is 3. The molecule has 0 spiro atoms. The molecule has 3 aromatic carbocycles. The summed E-state index contributed by atoms with van der Waals surface area (Å²) in [6.07, 6.45) is 0.995. The molecule has 0 saturated heterocycles. The van der Waals surface area contributed by atoms with E-state index < -0.39 is 95.3 Å². The van der Waals surface area contributed by atoms with Crippen molar-refractivity contribution in [2.45, 2.75) is 118 Å². The van der Waals surface area contributed by atoms with Crippen molar-refractivity contribution >= 4 is 63.6 Å². The smallest absolute Gasteiger partial charge is 0.307 e. The highest BCUT2D eigenvalue weighted by atomic mass is 16.4. The Morgan fingerprint density at radius 1 is 0.636 bits per heavy atom. The summed E-state index contributed by atoms with van der Waals surface area (Å²) < 4.78 is 0. The number of unbranched alkanes of at least 4 members (excludes halogenated alkanes) is 1. The second-order valence-electron chi connectivity index (χ2n) is 18.3. The van der Waals surface area contributed by atoms with E-state index in [0.717, 1.165) is 10.5 Å². The third-order valence-electron chi connectivity index (χ3n) is 12.9. The molecule has 5 amide bonds. The zero-order valence-electron chi connectivity index (χ0n) is 39.3. The molecule has 15 heteroatoms. The lowest BCUT2D eigenvalue weighted by molar-refractivity contribution is -0.145. The van der Waals surface area contributed by atoms with E-state index in [-0.39, 0.29) is 61.0 Å². The topological polar surface area (TPSA) is 239 Å². The number of Topliss-reactive ketones (excluding diaryl/α,β-unsaturated/α-hetero) is 3. The Hall–Kier alpha value is -6.09. The Labute approximate surface area is 387 Å². The van der Waals surface area contributed by atoms with Crippen molar-refractivity contribution in [3.05, 3.63) is 83.4 Å². The molecular weight excluding hydrogens is 843 g/mol. The molecular formula is C51H67N5O10. The highest BCUT2D eigenvalue weighted by molar-refractivity contribution is 6.26. The molecule has 0 aliphatic carbocycles. The number of aliphatic carboxylic acids is 1. The Bertz CT molecular complexity index is 2210. The maximum absolute atomic E-state index is 14.4. The molecule has 15 nitrogen and oxygen atoms in total. The molecule has 3 aromatic rings. The van der Waals surface area contributed by atoms with E-state index in [1.807, 2.05) is 19.9 Å². The van der Waals surface area contributed by atoms with Gasteiger partial charge in [-0.3, -0.25) is 48.1 Å². The van der Waals surface area contributed by atoms with Crippen LogP contribution in [0.2, 0.25) is 0 Å². The average molecular weight is 910 g/mol. The fraction of sp³-hybridized carbons (Fsp3) is 0.510. The number of imide groups is 1. The lowest BCUT2D eigenvalue weighted by Gasteiger charge is -2.29. The minimum atomic E-state index is -1.15. The van der Waals surface area contributed by atoms with Crippen LogP contribution in [0.1, 0.15) is 120 Å². The van der Waals surface area contributed by atoms with E-state index in [1.54, 1.807) is 88.4 Å². The van der Waals surface area contributed by atoms with E-state index in [2.05, 4.69) is 16.0 Å². The lowest BCUT2D eigenvalue weighted by Crippen LogP contribution is -2.51. The molecule has 6 N–H and O–H groups in total. The quantitative estimate of drug-likeness (QED) is 0.0476. The molecule has 1 aliphatic rings. The largest absolute Gasteiger partial charge is 0.481 e. The van der Waals surface area contributed by atoms with Gasteiger partial charge in [0.05, 0.1) is 24.0 Å². The number of carboxylic acids is 1. The molecule has 4 rings (SSSR count). The second kappa shape index (κ2) is 24.4. The number of nitrogens with zero attached hydrogens (tertiary/aromatic N) is 1. The molecule has 0 saturated carbocycles. The van der Waals surface area contributed by atoms with Crippen molar-refractivity contribution in [1.82, 2.24) is 20.9 Å². The fourth-order valence-corrected chi connectivity index (χ4v) is 8.38. The zero-order chi connectivity index (χ0) is 48.8. The van der Waals surface area contributed by atoms with E-state index >= 15 is 0 Å². The predicted octanol–water partition coefficient (Wildman–Crippen LogP) is 5.45. The van der Waals surface area contributed by atoms with Crippen molar-refractivity contribution < 1.29 is 48.3 Å². The van der Waals surface area contributed by atoms with E-state index in [9.17, 15) is 48.3 Å². The number of carbonyl (C=O) groups is 9. The number of hydrogen-bond acceptors (Lipinski definition) is 10. The molecule has 0 aromatic heterocycles. The highest BCUT2D eigenvalue weighted by Crippen LogP contribution is 2.30. The van der Waals surface area contributed by atoms with E-state index in [0.29, 0.717) is 36.6 Å². The maximum atomic E-state index is 14.4. The third-order valence-corrected chi connectivity index (χ3v) is 12.9. The Balaban J connectivity index is 1.52. The summed E-state index contributed by atoms with van der Waals surface area (Å²) in [7, 11) is 0. The molecule has 0 bridgehead atoms. The number of hydrogen-bond donors (Lipinski definition) is 5. The van der Waals surface area contributed by atoms with Crippen molar-refractivity contribution in [3.63, 3.8) is 0 Å². The first kappa shape index (κ1) is 52.5. The average Bonchev–Trinajstić information content (AvgIpc) is 3.28. The number of nitrogens with one attached hydrogen (secondary N) is 3. The summed E-state index contributed by atoms with van der Waals surface area (Å²) in [6, 6.07) is 16.0. The van der Waals surface area contributed by atoms with Crippen LogP contribution in [0.15, 0.2) is 66.7 Å². The summed E-state index contributed by atoms with van der Waals surface area (Å²) >= 11 is 0. The number of benzene rings is 3. The third kappa shape index (κ3) is 13.7. The number of carboxylic acid groups (broad SMARTS) is 1. The Morgan fingerprint density at radius 2 is 1.18 bits per heavy atom. The molecule has 7 atom stereocenters. The first-order valence-corrected chi connectivity index (χ1v) is 23.1. The lowest BCUT2D eigenvalue weighted by atomic mass is 9.83. The SMILES string of the molecule is CCC(C)[C@H](CC(=O)[C@H](Cc1ccccc1)NC(=O)CN1C(=O)c2cccc3cccc(c23)C1=O)C(=O)N[C@@H](CCCCN)C(=O)C[C@H](C(=O)N[C@@H](C)C(=O)C[C@H](C(=O)O)C(C)C)C(C)C. The van der Waals surface area contributed by atoms with E-state index in [1.165, 1.54) is 6.92 Å². The Kier molecular flexibility index (Phi) is 19.5. The molecule has 1 unspecified atom stereocenters. The van der Waals surface area contributed by atoms with Crippen LogP contribution in [0.25, 0.3) is 10.8 Å². The van der Waals surface area contributed by atoms with Gasteiger partial charge in [0.25, 0.3) is 11.8 Å². The summed E-state index contributed by atoms with van der Waals surface area (Å²) in [4.78, 5) is 123. The number of rotatable bonds is 27. The summed E-state index contributed by atoms with van der Waals surface area (Å²) in [5.41, 5.74) is 7.07. The van der Waals surface area contributed by atoms with Crippen LogP contribution in [0.5, 0.6) is 0 Å². The van der Waals surface area contributed by atoms with Gasteiger partial charge in [-0.2, -0.15) is 0 Å². The summed E-state index contributed by atoms with van der Waals surface area (Å²) in [5, 5.41) is 19.2. The van der Waals surface area contributed by atoms with Crippen LogP contribution in [-0.2, 0) is 40.0 Å². The van der Waals surface area contributed by atoms with Crippen molar-refractivity contribution in [2.75, 3.05) is 13.1 Å². The number of amides is 5. The van der Waals surface area contributed by atoms with Gasteiger partial charge in [0, 0.05) is 47.6 Å². The molecule has 0 fully saturated rings. The maximum Gasteiger partial charge on any atom is 0.307 e. The van der Waals surface area contributed by atoms with Gasteiger partial charge < -0.3 is 26.8 Å². The molecule has 66 heavy (non-hydrogen) atoms. The van der Waals surface area contributed by atoms with Crippen LogP contribution < -0.4 is 21.7 Å². The van der Waals surface area contributed by atoms with Gasteiger partial charge >= 0.3 is 5.97 Å². The van der Waals surface area contributed by atoms with Gasteiger partial charge in [0.1, 0.15) is 6.54 Å². The fourth-order valence-electron chi connectivity index (χ4n) is 8.38. The van der Waals surface area contributed by atoms with Crippen molar-refractivity contribution in [3.8, 4) is 0 Å². The van der Waals surface area contributed by atoms with Crippen LogP contribution in [0.4, 0.5) is 0 Å². The van der Waals surface area contributed by atoms with Crippen LogP contribution in [0, 0.1) is 35.5 Å². The van der Waals surface area contributed by atoms with Gasteiger partial charge in [0.15, 0.2) is 17.3 Å². The van der Waals surface area contributed by atoms with Gasteiger partial charge in [-0.15, -0.1) is 0 Å². The van der Waals surface area contributed by atoms with Crippen LogP contribution in [-0.4, -0.2) is 94.1 Å². The van der Waals surface area contributed by atoms with Gasteiger partial charge in [-0.05, 0) is 80.0 Å². The first-order valence-electron chi connectivity index (χ1n) is 23.1. The Morgan fingerprint density at radius 3 is 1.73 bits per heavy atom. The highest BCUT2D eigenvalue weighted by Gasteiger charge is 2.38.